The Morgan fingerprint density at radius 2 is 1.83 bits per heavy atom. The van der Waals surface area contributed by atoms with Crippen LogP contribution in [-0.2, 0) is 17.8 Å². The molecule has 1 amide bonds. The fourth-order valence-corrected chi connectivity index (χ4v) is 4.18. The Morgan fingerprint density at radius 3 is 2.62 bits per heavy atom. The minimum atomic E-state index is -0.156. The first-order valence-electron chi connectivity index (χ1n) is 9.54. The minimum Gasteiger partial charge on any atom is -0.277 e. The van der Waals surface area contributed by atoms with Crippen molar-refractivity contribution in [1.82, 2.24) is 20.0 Å². The molecule has 0 radical (unpaired) electrons. The average Bonchev–Trinajstić information content (AvgIpc) is 3.15. The topological polar surface area (TPSA) is 88.9 Å². The Balaban J connectivity index is 1.36. The largest absolute Gasteiger partial charge is 0.277 e. The Kier molecular flexibility index (Phi) is 5.53. The van der Waals surface area contributed by atoms with Crippen molar-refractivity contribution >= 4 is 44.3 Å². The first-order valence-corrected chi connectivity index (χ1v) is 10.4. The number of carbonyl (C=O) groups is 1. The molecule has 29 heavy (non-hydrogen) atoms. The lowest BCUT2D eigenvalue weighted by Crippen LogP contribution is -2.34. The molecule has 0 atom stereocenters. The van der Waals surface area contributed by atoms with E-state index in [0.29, 0.717) is 36.2 Å². The number of fused-ring (bicyclic) bond motifs is 2. The van der Waals surface area contributed by atoms with E-state index in [1.54, 1.807) is 23.5 Å². The summed E-state index contributed by atoms with van der Waals surface area (Å²) in [6.45, 7) is 2.31. The summed E-state index contributed by atoms with van der Waals surface area (Å²) in [6.07, 6.45) is 1.80. The van der Waals surface area contributed by atoms with Crippen LogP contribution in [0.4, 0.5) is 5.95 Å². The van der Waals surface area contributed by atoms with Crippen LogP contribution in [0.1, 0.15) is 24.8 Å². The van der Waals surface area contributed by atoms with Crippen LogP contribution in [0.5, 0.6) is 0 Å². The molecule has 0 saturated carbocycles. The zero-order chi connectivity index (χ0) is 20.2. The van der Waals surface area contributed by atoms with Crippen LogP contribution in [-0.4, -0.2) is 20.4 Å². The number of hydrogen-bond donors (Lipinski definition) is 2. The number of amides is 1. The highest BCUT2D eigenvalue weighted by atomic mass is 32.1. The third-order valence-corrected chi connectivity index (χ3v) is 5.72. The molecule has 2 aromatic heterocycles. The van der Waals surface area contributed by atoms with E-state index in [1.165, 1.54) is 4.57 Å². The molecule has 0 aliphatic heterocycles. The highest BCUT2D eigenvalue weighted by Gasteiger charge is 2.11. The van der Waals surface area contributed by atoms with E-state index in [4.69, 9.17) is 0 Å². The van der Waals surface area contributed by atoms with Crippen molar-refractivity contribution in [3.63, 3.8) is 0 Å². The van der Waals surface area contributed by atoms with Gasteiger partial charge in [0.25, 0.3) is 5.56 Å². The quantitative estimate of drug-likeness (QED) is 0.458. The number of aryl methyl sites for hydroxylation is 1. The van der Waals surface area contributed by atoms with Crippen molar-refractivity contribution in [3.8, 4) is 0 Å². The molecule has 2 N–H and O–H groups in total. The summed E-state index contributed by atoms with van der Waals surface area (Å²) in [5.41, 5.74) is 6.91. The summed E-state index contributed by atoms with van der Waals surface area (Å²) in [4.78, 5) is 33.9. The van der Waals surface area contributed by atoms with Crippen LogP contribution in [0.15, 0.2) is 53.3 Å². The van der Waals surface area contributed by atoms with E-state index in [2.05, 4.69) is 26.9 Å². The fourth-order valence-electron chi connectivity index (χ4n) is 3.17. The third kappa shape index (κ3) is 4.12. The van der Waals surface area contributed by atoms with E-state index in [-0.39, 0.29) is 11.5 Å². The van der Waals surface area contributed by atoms with E-state index in [1.807, 2.05) is 37.3 Å². The molecule has 0 fully saturated rings. The van der Waals surface area contributed by atoms with Crippen LogP contribution in [0.3, 0.4) is 0 Å². The highest BCUT2D eigenvalue weighted by Crippen LogP contribution is 2.22. The molecule has 4 rings (SSSR count). The Labute approximate surface area is 171 Å². The molecule has 2 aromatic carbocycles. The van der Waals surface area contributed by atoms with E-state index >= 15 is 0 Å². The van der Waals surface area contributed by atoms with Crippen molar-refractivity contribution < 1.29 is 4.79 Å². The number of hydrazine groups is 1. The van der Waals surface area contributed by atoms with Crippen LogP contribution in [0.2, 0.25) is 0 Å². The van der Waals surface area contributed by atoms with Gasteiger partial charge in [-0.25, -0.2) is 9.97 Å². The maximum Gasteiger partial charge on any atom is 0.262 e. The number of anilines is 1. The molecular formula is C21H21N5O2S. The summed E-state index contributed by atoms with van der Waals surface area (Å²) < 4.78 is 2.66. The zero-order valence-electron chi connectivity index (χ0n) is 16.0. The maximum atomic E-state index is 12.6. The van der Waals surface area contributed by atoms with Crippen LogP contribution < -0.4 is 16.4 Å². The van der Waals surface area contributed by atoms with Gasteiger partial charge < -0.3 is 0 Å². The Hall–Kier alpha value is -3.26. The average molecular weight is 407 g/mol. The van der Waals surface area contributed by atoms with E-state index < -0.39 is 0 Å². The van der Waals surface area contributed by atoms with Crippen molar-refractivity contribution in [2.75, 3.05) is 5.43 Å². The van der Waals surface area contributed by atoms with Crippen molar-refractivity contribution in [1.29, 1.82) is 0 Å². The molecule has 2 heterocycles. The first kappa shape index (κ1) is 19.1. The zero-order valence-corrected chi connectivity index (χ0v) is 16.8. The van der Waals surface area contributed by atoms with Crippen molar-refractivity contribution in [2.45, 2.75) is 32.7 Å². The number of nitrogens with zero attached hydrogens (tertiary/aromatic N) is 3. The lowest BCUT2D eigenvalue weighted by Gasteiger charge is -2.13. The summed E-state index contributed by atoms with van der Waals surface area (Å²) >= 11 is 1.66. The molecular weight excluding hydrogens is 386 g/mol. The van der Waals surface area contributed by atoms with Gasteiger partial charge in [0.05, 0.1) is 26.1 Å². The van der Waals surface area contributed by atoms with Crippen LogP contribution in [0, 0.1) is 0 Å². The van der Waals surface area contributed by atoms with Gasteiger partial charge in [-0.15, -0.1) is 11.3 Å². The molecule has 8 heteroatoms. The van der Waals surface area contributed by atoms with Gasteiger partial charge in [-0.05, 0) is 44.0 Å². The van der Waals surface area contributed by atoms with Gasteiger partial charge in [-0.1, -0.05) is 24.3 Å². The lowest BCUT2D eigenvalue weighted by atomic mass is 10.2. The monoisotopic (exact) mass is 407 g/mol. The third-order valence-electron chi connectivity index (χ3n) is 4.62. The molecule has 0 saturated heterocycles. The Morgan fingerprint density at radius 1 is 1.07 bits per heavy atom. The molecule has 7 nitrogen and oxygen atoms in total. The number of nitrogens with one attached hydrogen (secondary N) is 2. The second kappa shape index (κ2) is 8.40. The van der Waals surface area contributed by atoms with Crippen molar-refractivity contribution in [3.05, 3.63) is 63.9 Å². The number of thiazole rings is 1. The smallest absolute Gasteiger partial charge is 0.262 e. The number of rotatable bonds is 7. The molecule has 4 aromatic rings. The van der Waals surface area contributed by atoms with Crippen LogP contribution >= 0.6 is 11.3 Å². The second-order valence-corrected chi connectivity index (χ2v) is 7.72. The number of hydrogen-bond acceptors (Lipinski definition) is 6. The number of para-hydroxylation sites is 2. The Bertz CT molecular complexity index is 1200. The first-order chi connectivity index (χ1) is 14.2. The summed E-state index contributed by atoms with van der Waals surface area (Å²) in [5.74, 6) is 0.173. The fraction of sp³-hybridized carbons (Fsp3) is 0.238. The predicted molar refractivity (Wildman–Crippen MR) is 116 cm³/mol. The predicted octanol–water partition coefficient (Wildman–Crippen LogP) is 3.49. The maximum absolute atomic E-state index is 12.6. The van der Waals surface area contributed by atoms with Crippen LogP contribution in [0.25, 0.3) is 21.1 Å². The van der Waals surface area contributed by atoms with E-state index in [9.17, 15) is 9.59 Å². The van der Waals surface area contributed by atoms with Gasteiger partial charge in [0.15, 0.2) is 0 Å². The molecule has 0 aliphatic rings. The van der Waals surface area contributed by atoms with Gasteiger partial charge in [0, 0.05) is 13.0 Å². The molecule has 0 bridgehead atoms. The summed E-state index contributed by atoms with van der Waals surface area (Å²) in [6, 6.07) is 15.2. The molecule has 0 unspecified atom stereocenters. The summed E-state index contributed by atoms with van der Waals surface area (Å²) in [7, 11) is 0. The minimum absolute atomic E-state index is 0.134. The molecule has 0 aliphatic carbocycles. The van der Waals surface area contributed by atoms with Gasteiger partial charge in [0.2, 0.25) is 11.9 Å². The normalized spacial score (nSPS) is 11.1. The van der Waals surface area contributed by atoms with Gasteiger partial charge >= 0.3 is 0 Å². The number of aromatic nitrogens is 3. The molecule has 148 valence electrons. The van der Waals surface area contributed by atoms with Gasteiger partial charge in [0.1, 0.15) is 0 Å². The van der Waals surface area contributed by atoms with Crippen molar-refractivity contribution in [2.24, 2.45) is 0 Å². The number of carbonyl (C=O) groups excluding carboxylic acids is 1. The van der Waals surface area contributed by atoms with Gasteiger partial charge in [-0.3, -0.25) is 25.0 Å². The SMILES string of the molecule is CCn1c(NNC(=O)CCCc2nc3ccccc3s2)nc2ccccc2c1=O. The standard InChI is InChI=1S/C21H21N5O2S/c1-2-26-20(28)14-8-3-4-9-15(14)23-21(26)25-24-18(27)12-7-13-19-22-16-10-5-6-11-17(16)29-19/h3-6,8-11H,2,7,12-13H2,1H3,(H,23,25)(H,24,27). The second-order valence-electron chi connectivity index (χ2n) is 6.60. The lowest BCUT2D eigenvalue weighted by molar-refractivity contribution is -0.120. The number of benzene rings is 2. The van der Waals surface area contributed by atoms with Gasteiger partial charge in [-0.2, -0.15) is 0 Å². The highest BCUT2D eigenvalue weighted by molar-refractivity contribution is 7.18. The molecule has 0 spiro atoms. The van der Waals surface area contributed by atoms with E-state index in [0.717, 1.165) is 21.6 Å². The summed E-state index contributed by atoms with van der Waals surface area (Å²) in [5, 5.41) is 1.59.